The highest BCUT2D eigenvalue weighted by Gasteiger charge is 2.57. The summed E-state index contributed by atoms with van der Waals surface area (Å²) in [5.74, 6) is -0.843. The van der Waals surface area contributed by atoms with Crippen LogP contribution in [0, 0.1) is 5.41 Å². The Morgan fingerprint density at radius 2 is 1.93 bits per heavy atom. The molecular weight excluding hydrogens is 385 g/mol. The van der Waals surface area contributed by atoms with Crippen molar-refractivity contribution in [3.8, 4) is 5.75 Å². The molecule has 0 spiro atoms. The van der Waals surface area contributed by atoms with E-state index in [2.05, 4.69) is 5.32 Å². The molecule has 29 heavy (non-hydrogen) atoms. The molecule has 2 heterocycles. The van der Waals surface area contributed by atoms with Gasteiger partial charge in [0.15, 0.2) is 0 Å². The van der Waals surface area contributed by atoms with Gasteiger partial charge < -0.3 is 15.3 Å². The number of nitrogens with zero attached hydrogens (tertiary/aromatic N) is 1. The smallest absolute Gasteiger partial charge is 0.416 e. The van der Waals surface area contributed by atoms with Crippen LogP contribution in [-0.2, 0) is 11.0 Å². The first-order chi connectivity index (χ1) is 13.6. The van der Waals surface area contributed by atoms with E-state index in [4.69, 9.17) is 0 Å². The normalized spacial score (nSPS) is 26.3. The Hall–Kier alpha value is -3.03. The zero-order valence-corrected chi connectivity index (χ0v) is 15.5. The highest BCUT2D eigenvalue weighted by molar-refractivity contribution is 5.96. The van der Waals surface area contributed by atoms with Gasteiger partial charge in [0.05, 0.1) is 11.6 Å². The minimum atomic E-state index is -4.57. The number of phenolic OH excluding ortho intramolecular Hbond substituents is 1. The van der Waals surface area contributed by atoms with Crippen LogP contribution in [0.15, 0.2) is 48.5 Å². The molecule has 2 fully saturated rings. The quantitative estimate of drug-likeness (QED) is 0.799. The Bertz CT molecular complexity index is 991. The van der Waals surface area contributed by atoms with E-state index < -0.39 is 35.3 Å². The van der Waals surface area contributed by atoms with E-state index in [1.54, 1.807) is 18.2 Å². The van der Waals surface area contributed by atoms with Gasteiger partial charge >= 0.3 is 6.18 Å². The lowest BCUT2D eigenvalue weighted by atomic mass is 9.83. The van der Waals surface area contributed by atoms with E-state index in [-0.39, 0.29) is 23.6 Å². The van der Waals surface area contributed by atoms with Crippen LogP contribution in [0.2, 0.25) is 0 Å². The fourth-order valence-electron chi connectivity index (χ4n) is 4.42. The molecule has 2 saturated heterocycles. The standard InChI is InChI=1S/C21H19F3N2O3/c1-20-10-15(14-7-2-3-8-16(14)27)26(19(20)25-17(28)11-20)18(29)12-5-4-6-13(9-12)21(22,23)24/h2-9,15,19,27H,10-11H2,1H3,(H,25,28)/t15-,19-,20+/m0/s1. The highest BCUT2D eigenvalue weighted by Crippen LogP contribution is 2.53. The topological polar surface area (TPSA) is 69.6 Å². The molecule has 5 nitrogen and oxygen atoms in total. The third-order valence-electron chi connectivity index (χ3n) is 5.76. The van der Waals surface area contributed by atoms with Gasteiger partial charge in [-0.3, -0.25) is 9.59 Å². The summed E-state index contributed by atoms with van der Waals surface area (Å²) in [4.78, 5) is 26.8. The maximum atomic E-state index is 13.3. The van der Waals surface area contributed by atoms with Crippen molar-refractivity contribution >= 4 is 11.8 Å². The number of rotatable bonds is 2. The second-order valence-corrected chi connectivity index (χ2v) is 7.87. The van der Waals surface area contributed by atoms with Crippen molar-refractivity contribution in [2.24, 2.45) is 5.41 Å². The molecule has 3 atom stereocenters. The van der Waals surface area contributed by atoms with E-state index in [1.165, 1.54) is 23.1 Å². The van der Waals surface area contributed by atoms with Gasteiger partial charge in [0.2, 0.25) is 5.91 Å². The Kier molecular flexibility index (Phi) is 4.33. The number of benzene rings is 2. The molecule has 2 aliphatic heterocycles. The fourth-order valence-corrected chi connectivity index (χ4v) is 4.42. The second-order valence-electron chi connectivity index (χ2n) is 7.87. The molecular formula is C21H19F3N2O3. The van der Waals surface area contributed by atoms with Crippen LogP contribution in [-0.4, -0.2) is 28.0 Å². The molecule has 2 N–H and O–H groups in total. The first-order valence-corrected chi connectivity index (χ1v) is 9.17. The van der Waals surface area contributed by atoms with Crippen LogP contribution in [0.1, 0.15) is 47.3 Å². The fraction of sp³-hybridized carbons (Fsp3) is 0.333. The summed E-state index contributed by atoms with van der Waals surface area (Å²) in [6, 6.07) is 10.2. The summed E-state index contributed by atoms with van der Waals surface area (Å²) < 4.78 is 39.3. The van der Waals surface area contributed by atoms with E-state index in [1.807, 2.05) is 6.92 Å². The van der Waals surface area contributed by atoms with Gasteiger partial charge in [-0.2, -0.15) is 13.2 Å². The van der Waals surface area contributed by atoms with Crippen molar-refractivity contribution in [2.45, 2.75) is 38.1 Å². The molecule has 2 amide bonds. The Morgan fingerprint density at radius 1 is 1.21 bits per heavy atom. The van der Waals surface area contributed by atoms with Crippen molar-refractivity contribution in [3.05, 3.63) is 65.2 Å². The summed E-state index contributed by atoms with van der Waals surface area (Å²) in [7, 11) is 0. The van der Waals surface area contributed by atoms with E-state index in [0.29, 0.717) is 12.0 Å². The minimum Gasteiger partial charge on any atom is -0.508 e. The Morgan fingerprint density at radius 3 is 2.62 bits per heavy atom. The van der Waals surface area contributed by atoms with Crippen molar-refractivity contribution in [1.29, 1.82) is 0 Å². The third-order valence-corrected chi connectivity index (χ3v) is 5.76. The van der Waals surface area contributed by atoms with Crippen LogP contribution in [0.4, 0.5) is 13.2 Å². The number of aromatic hydroxyl groups is 1. The molecule has 0 unspecified atom stereocenters. The van der Waals surface area contributed by atoms with Crippen molar-refractivity contribution in [2.75, 3.05) is 0 Å². The summed E-state index contributed by atoms with van der Waals surface area (Å²) in [6.45, 7) is 1.86. The predicted molar refractivity (Wildman–Crippen MR) is 97.7 cm³/mol. The lowest BCUT2D eigenvalue weighted by Gasteiger charge is -2.31. The lowest BCUT2D eigenvalue weighted by molar-refractivity contribution is -0.137. The molecule has 2 aromatic rings. The third kappa shape index (κ3) is 3.22. The number of para-hydroxylation sites is 1. The van der Waals surface area contributed by atoms with Gasteiger partial charge in [-0.1, -0.05) is 31.2 Å². The molecule has 0 saturated carbocycles. The van der Waals surface area contributed by atoms with E-state index in [0.717, 1.165) is 12.1 Å². The summed E-state index contributed by atoms with van der Waals surface area (Å²) in [5, 5.41) is 13.1. The number of phenols is 1. The van der Waals surface area contributed by atoms with Crippen molar-refractivity contribution in [1.82, 2.24) is 10.2 Å². The SMILES string of the molecule is C[C@@]12CC(=O)N[C@H]1N(C(=O)c1cccc(C(F)(F)F)c1)[C@H](c1ccccc1O)C2. The summed E-state index contributed by atoms with van der Waals surface area (Å²) >= 11 is 0. The molecule has 2 aromatic carbocycles. The second kappa shape index (κ2) is 6.50. The Balaban J connectivity index is 1.78. The number of likely N-dealkylation sites (tertiary alicyclic amines) is 1. The van der Waals surface area contributed by atoms with Crippen molar-refractivity contribution in [3.63, 3.8) is 0 Å². The van der Waals surface area contributed by atoms with Crippen LogP contribution < -0.4 is 5.32 Å². The maximum Gasteiger partial charge on any atom is 0.416 e. The lowest BCUT2D eigenvalue weighted by Crippen LogP contribution is -2.47. The number of hydrogen-bond donors (Lipinski definition) is 2. The first kappa shape index (κ1) is 19.3. The summed E-state index contributed by atoms with van der Waals surface area (Å²) in [6.07, 6.45) is -4.64. The molecule has 152 valence electrons. The highest BCUT2D eigenvalue weighted by atomic mass is 19.4. The van der Waals surface area contributed by atoms with Gasteiger partial charge in [0.25, 0.3) is 5.91 Å². The van der Waals surface area contributed by atoms with E-state index >= 15 is 0 Å². The average molecular weight is 404 g/mol. The largest absolute Gasteiger partial charge is 0.508 e. The van der Waals surface area contributed by atoms with Gasteiger partial charge in [-0.25, -0.2) is 0 Å². The molecule has 4 rings (SSSR count). The van der Waals surface area contributed by atoms with Crippen LogP contribution >= 0.6 is 0 Å². The number of halogens is 3. The number of carbonyl (C=O) groups is 2. The molecule has 8 heteroatoms. The molecule has 0 bridgehead atoms. The number of nitrogens with one attached hydrogen (secondary N) is 1. The number of carbonyl (C=O) groups excluding carboxylic acids is 2. The van der Waals surface area contributed by atoms with E-state index in [9.17, 15) is 27.9 Å². The number of amides is 2. The van der Waals surface area contributed by atoms with Gasteiger partial charge in [0.1, 0.15) is 11.9 Å². The van der Waals surface area contributed by atoms with Crippen LogP contribution in [0.25, 0.3) is 0 Å². The zero-order valence-electron chi connectivity index (χ0n) is 15.5. The maximum absolute atomic E-state index is 13.3. The summed E-state index contributed by atoms with van der Waals surface area (Å²) in [5.41, 5.74) is -1.12. The molecule has 0 aliphatic carbocycles. The van der Waals surface area contributed by atoms with Gasteiger partial charge in [0, 0.05) is 23.0 Å². The molecule has 0 radical (unpaired) electrons. The first-order valence-electron chi connectivity index (χ1n) is 9.17. The zero-order chi connectivity index (χ0) is 21.0. The number of fused-ring (bicyclic) bond motifs is 1. The average Bonchev–Trinajstić information content (AvgIpc) is 3.09. The van der Waals surface area contributed by atoms with Crippen LogP contribution in [0.3, 0.4) is 0 Å². The monoisotopic (exact) mass is 404 g/mol. The molecule has 0 aromatic heterocycles. The predicted octanol–water partition coefficient (Wildman–Crippen LogP) is 3.85. The number of hydrogen-bond acceptors (Lipinski definition) is 3. The number of alkyl halides is 3. The Labute approximate surface area is 165 Å². The van der Waals surface area contributed by atoms with Gasteiger partial charge in [-0.05, 0) is 30.7 Å². The van der Waals surface area contributed by atoms with Crippen molar-refractivity contribution < 1.29 is 27.9 Å². The van der Waals surface area contributed by atoms with Crippen LogP contribution in [0.5, 0.6) is 5.75 Å². The minimum absolute atomic E-state index is 0.00533. The molecule has 2 aliphatic rings. The van der Waals surface area contributed by atoms with Gasteiger partial charge in [-0.15, -0.1) is 0 Å².